The van der Waals surface area contributed by atoms with Crippen molar-refractivity contribution in [3.8, 4) is 11.6 Å². The second-order valence-corrected chi connectivity index (χ2v) is 7.67. The standard InChI is InChI=1S/C26H16N6/c1-2-9-20-17(8-1)18-16-19-24-21(10-7-15-29-24)32(23-12-4-6-14-28-23)26(19)30-25(18)31(20)22-11-3-5-13-27-22/h1-16H. The summed E-state index contributed by atoms with van der Waals surface area (Å²) in [7, 11) is 0. The number of hydrogen-bond donors (Lipinski definition) is 0. The second-order valence-electron chi connectivity index (χ2n) is 7.67. The van der Waals surface area contributed by atoms with Crippen molar-refractivity contribution in [1.29, 1.82) is 0 Å². The van der Waals surface area contributed by atoms with Crippen LogP contribution in [0.3, 0.4) is 0 Å². The van der Waals surface area contributed by atoms with E-state index >= 15 is 0 Å². The van der Waals surface area contributed by atoms with E-state index in [-0.39, 0.29) is 0 Å². The first kappa shape index (κ1) is 17.1. The molecule has 0 radical (unpaired) electrons. The number of nitrogens with zero attached hydrogens (tertiary/aromatic N) is 6. The molecule has 150 valence electrons. The number of benzene rings is 1. The molecule has 6 nitrogen and oxygen atoms in total. The quantitative estimate of drug-likeness (QED) is 0.378. The van der Waals surface area contributed by atoms with Crippen LogP contribution in [-0.2, 0) is 0 Å². The van der Waals surface area contributed by atoms with Gasteiger partial charge in [0.15, 0.2) is 5.65 Å². The Morgan fingerprint density at radius 2 is 1.12 bits per heavy atom. The Balaban J connectivity index is 1.71. The zero-order valence-corrected chi connectivity index (χ0v) is 16.9. The number of pyridine rings is 4. The Bertz CT molecular complexity index is 1640. The lowest BCUT2D eigenvalue weighted by Crippen LogP contribution is -2.01. The Labute approximate surface area is 182 Å². The lowest BCUT2D eigenvalue weighted by molar-refractivity contribution is 1.04. The Morgan fingerprint density at radius 3 is 1.88 bits per heavy atom. The molecule has 0 fully saturated rings. The van der Waals surface area contributed by atoms with Crippen molar-refractivity contribution in [2.24, 2.45) is 0 Å². The minimum absolute atomic E-state index is 0.813. The zero-order chi connectivity index (χ0) is 21.1. The number of para-hydroxylation sites is 1. The normalized spacial score (nSPS) is 11.8. The molecule has 0 amide bonds. The fraction of sp³-hybridized carbons (Fsp3) is 0. The summed E-state index contributed by atoms with van der Waals surface area (Å²) in [6.45, 7) is 0. The fourth-order valence-corrected chi connectivity index (χ4v) is 4.55. The summed E-state index contributed by atoms with van der Waals surface area (Å²) in [6, 6.07) is 26.4. The molecule has 0 aliphatic carbocycles. The van der Waals surface area contributed by atoms with Gasteiger partial charge in [-0.1, -0.05) is 30.3 Å². The largest absolute Gasteiger partial charge is 0.278 e. The van der Waals surface area contributed by atoms with Crippen molar-refractivity contribution in [3.05, 3.63) is 97.5 Å². The maximum atomic E-state index is 5.21. The molecule has 7 aromatic rings. The molecule has 0 aliphatic heterocycles. The monoisotopic (exact) mass is 412 g/mol. The first-order valence-electron chi connectivity index (χ1n) is 10.4. The van der Waals surface area contributed by atoms with Crippen LogP contribution in [0.15, 0.2) is 97.5 Å². The van der Waals surface area contributed by atoms with E-state index in [2.05, 4.69) is 49.4 Å². The molecule has 0 aliphatic rings. The summed E-state index contributed by atoms with van der Waals surface area (Å²) in [6.07, 6.45) is 5.43. The average Bonchev–Trinajstić information content (AvgIpc) is 3.36. The van der Waals surface area contributed by atoms with Crippen molar-refractivity contribution < 1.29 is 0 Å². The first-order valence-corrected chi connectivity index (χ1v) is 10.4. The third kappa shape index (κ3) is 2.29. The molecule has 32 heavy (non-hydrogen) atoms. The Kier molecular flexibility index (Phi) is 3.46. The summed E-state index contributed by atoms with van der Waals surface area (Å²) in [5.41, 5.74) is 4.65. The third-order valence-corrected chi connectivity index (χ3v) is 5.88. The number of aromatic nitrogens is 6. The van der Waals surface area contributed by atoms with Crippen LogP contribution in [0.25, 0.3) is 55.6 Å². The minimum Gasteiger partial charge on any atom is -0.278 e. The van der Waals surface area contributed by atoms with E-state index in [9.17, 15) is 0 Å². The predicted octanol–water partition coefficient (Wildman–Crippen LogP) is 5.46. The highest BCUT2D eigenvalue weighted by Crippen LogP contribution is 2.36. The van der Waals surface area contributed by atoms with Crippen LogP contribution in [0.2, 0.25) is 0 Å². The second kappa shape index (κ2) is 6.46. The maximum absolute atomic E-state index is 5.21. The van der Waals surface area contributed by atoms with Crippen molar-refractivity contribution in [2.75, 3.05) is 0 Å². The van der Waals surface area contributed by atoms with Gasteiger partial charge in [0.05, 0.1) is 16.6 Å². The van der Waals surface area contributed by atoms with Gasteiger partial charge in [-0.15, -0.1) is 0 Å². The first-order chi connectivity index (χ1) is 15.9. The van der Waals surface area contributed by atoms with E-state index in [1.807, 2.05) is 60.9 Å². The highest BCUT2D eigenvalue weighted by atomic mass is 15.2. The van der Waals surface area contributed by atoms with Crippen LogP contribution in [0.4, 0.5) is 0 Å². The van der Waals surface area contributed by atoms with Gasteiger partial charge in [-0.25, -0.2) is 15.0 Å². The summed E-state index contributed by atoms with van der Waals surface area (Å²) in [5.74, 6) is 1.65. The molecule has 6 aromatic heterocycles. The van der Waals surface area contributed by atoms with E-state index in [0.717, 1.165) is 55.6 Å². The van der Waals surface area contributed by atoms with Gasteiger partial charge in [-0.3, -0.25) is 14.1 Å². The zero-order valence-electron chi connectivity index (χ0n) is 16.9. The number of fused-ring (bicyclic) bond motifs is 6. The van der Waals surface area contributed by atoms with Crippen LogP contribution in [-0.4, -0.2) is 29.1 Å². The molecule has 0 bridgehead atoms. The van der Waals surface area contributed by atoms with Gasteiger partial charge in [-0.2, -0.15) is 0 Å². The molecule has 6 heterocycles. The van der Waals surface area contributed by atoms with Gasteiger partial charge in [0.25, 0.3) is 0 Å². The molecule has 7 rings (SSSR count). The van der Waals surface area contributed by atoms with E-state index in [1.54, 1.807) is 6.20 Å². The predicted molar refractivity (Wildman–Crippen MR) is 126 cm³/mol. The maximum Gasteiger partial charge on any atom is 0.150 e. The van der Waals surface area contributed by atoms with Gasteiger partial charge < -0.3 is 0 Å². The van der Waals surface area contributed by atoms with Gasteiger partial charge in [0.1, 0.15) is 17.3 Å². The molecule has 0 atom stereocenters. The molecule has 0 saturated heterocycles. The summed E-state index contributed by atoms with van der Waals surface area (Å²) in [5, 5.41) is 3.21. The average molecular weight is 412 g/mol. The molecule has 0 unspecified atom stereocenters. The molecule has 0 spiro atoms. The van der Waals surface area contributed by atoms with Crippen molar-refractivity contribution in [2.45, 2.75) is 0 Å². The van der Waals surface area contributed by atoms with Gasteiger partial charge >= 0.3 is 0 Å². The lowest BCUT2D eigenvalue weighted by Gasteiger charge is -2.07. The van der Waals surface area contributed by atoms with Crippen LogP contribution in [0.5, 0.6) is 0 Å². The minimum atomic E-state index is 0.813. The summed E-state index contributed by atoms with van der Waals surface area (Å²) in [4.78, 5) is 19.1. The molecular formula is C26H16N6. The van der Waals surface area contributed by atoms with Gasteiger partial charge in [-0.05, 0) is 48.5 Å². The van der Waals surface area contributed by atoms with Crippen LogP contribution in [0.1, 0.15) is 0 Å². The molecule has 6 heteroatoms. The van der Waals surface area contributed by atoms with E-state index in [4.69, 9.17) is 9.97 Å². The van der Waals surface area contributed by atoms with Crippen molar-refractivity contribution >= 4 is 44.0 Å². The van der Waals surface area contributed by atoms with Crippen LogP contribution in [0, 0.1) is 0 Å². The molecular weight excluding hydrogens is 396 g/mol. The molecule has 0 saturated carbocycles. The topological polar surface area (TPSA) is 61.4 Å². The Morgan fingerprint density at radius 1 is 0.500 bits per heavy atom. The van der Waals surface area contributed by atoms with Gasteiger partial charge in [0.2, 0.25) is 0 Å². The van der Waals surface area contributed by atoms with Crippen molar-refractivity contribution in [1.82, 2.24) is 29.1 Å². The number of hydrogen-bond acceptors (Lipinski definition) is 4. The highest BCUT2D eigenvalue weighted by Gasteiger charge is 2.20. The SMILES string of the molecule is c1ccc(-n2c3ccccc3c3cc4c5ncccc5n(-c5ccccn5)c4nc32)nc1. The molecule has 1 aromatic carbocycles. The highest BCUT2D eigenvalue weighted by molar-refractivity contribution is 6.15. The van der Waals surface area contributed by atoms with Gasteiger partial charge in [0, 0.05) is 34.7 Å². The van der Waals surface area contributed by atoms with E-state index in [1.165, 1.54) is 0 Å². The van der Waals surface area contributed by atoms with Crippen LogP contribution < -0.4 is 0 Å². The van der Waals surface area contributed by atoms with E-state index in [0.29, 0.717) is 0 Å². The van der Waals surface area contributed by atoms with E-state index < -0.39 is 0 Å². The summed E-state index contributed by atoms with van der Waals surface area (Å²) >= 11 is 0. The van der Waals surface area contributed by atoms with Crippen LogP contribution >= 0.6 is 0 Å². The fourth-order valence-electron chi connectivity index (χ4n) is 4.55. The van der Waals surface area contributed by atoms with Crippen molar-refractivity contribution in [3.63, 3.8) is 0 Å². The number of rotatable bonds is 2. The third-order valence-electron chi connectivity index (χ3n) is 5.88. The smallest absolute Gasteiger partial charge is 0.150 e. The summed E-state index contributed by atoms with van der Waals surface area (Å²) < 4.78 is 4.20. The lowest BCUT2D eigenvalue weighted by atomic mass is 10.1. The Hall–Kier alpha value is -4.58. The molecule has 0 N–H and O–H groups in total.